The standard InChI is InChI=1S/C14H10FN5O3S/c1-7-12(20(22)23)11(19-18-7)13(21)17-14-16-10(6-24-14)8-3-2-4-9(15)5-8/h2-6H,1H3,(H,18,19)(H,16,17,21). The van der Waals surface area contributed by atoms with Crippen molar-refractivity contribution in [3.8, 4) is 11.3 Å². The monoisotopic (exact) mass is 347 g/mol. The summed E-state index contributed by atoms with van der Waals surface area (Å²) in [5.74, 6) is -1.14. The van der Waals surface area contributed by atoms with Crippen LogP contribution in [0.4, 0.5) is 15.2 Å². The second-order valence-electron chi connectivity index (χ2n) is 4.81. The van der Waals surface area contributed by atoms with E-state index in [0.29, 0.717) is 11.3 Å². The molecular formula is C14H10FN5O3S. The fourth-order valence-corrected chi connectivity index (χ4v) is 2.79. The number of halogens is 1. The molecule has 3 rings (SSSR count). The number of carbonyl (C=O) groups excluding carboxylic acids is 1. The van der Waals surface area contributed by atoms with E-state index in [1.54, 1.807) is 17.5 Å². The molecule has 2 aromatic heterocycles. The lowest BCUT2D eigenvalue weighted by Crippen LogP contribution is -2.14. The molecule has 2 N–H and O–H groups in total. The average Bonchev–Trinajstić information content (AvgIpc) is 3.14. The fourth-order valence-electron chi connectivity index (χ4n) is 2.07. The highest BCUT2D eigenvalue weighted by Crippen LogP contribution is 2.27. The minimum absolute atomic E-state index is 0.185. The zero-order valence-corrected chi connectivity index (χ0v) is 13.1. The van der Waals surface area contributed by atoms with Crippen molar-refractivity contribution in [3.05, 3.63) is 57.0 Å². The summed E-state index contributed by atoms with van der Waals surface area (Å²) in [4.78, 5) is 26.7. The number of benzene rings is 1. The van der Waals surface area contributed by atoms with E-state index in [4.69, 9.17) is 0 Å². The molecule has 1 aromatic carbocycles. The van der Waals surface area contributed by atoms with Crippen LogP contribution in [0.5, 0.6) is 0 Å². The highest BCUT2D eigenvalue weighted by atomic mass is 32.1. The van der Waals surface area contributed by atoms with Gasteiger partial charge in [0.15, 0.2) is 5.13 Å². The van der Waals surface area contributed by atoms with Crippen molar-refractivity contribution in [2.75, 3.05) is 5.32 Å². The van der Waals surface area contributed by atoms with Gasteiger partial charge in [-0.1, -0.05) is 12.1 Å². The molecule has 0 bridgehead atoms. The van der Waals surface area contributed by atoms with E-state index in [1.807, 2.05) is 0 Å². The van der Waals surface area contributed by atoms with E-state index >= 15 is 0 Å². The minimum atomic E-state index is -0.744. The first-order valence-electron chi connectivity index (χ1n) is 6.68. The van der Waals surface area contributed by atoms with E-state index in [1.165, 1.54) is 19.1 Å². The van der Waals surface area contributed by atoms with E-state index in [0.717, 1.165) is 11.3 Å². The quantitative estimate of drug-likeness (QED) is 0.556. The van der Waals surface area contributed by atoms with Crippen molar-refractivity contribution >= 4 is 28.1 Å². The number of H-pyrrole nitrogens is 1. The number of hydrogen-bond acceptors (Lipinski definition) is 6. The lowest BCUT2D eigenvalue weighted by Gasteiger charge is -1.99. The Hall–Kier alpha value is -3.14. The first kappa shape index (κ1) is 15.7. The third-order valence-corrected chi connectivity index (χ3v) is 3.92. The van der Waals surface area contributed by atoms with Gasteiger partial charge in [0.25, 0.3) is 5.91 Å². The van der Waals surface area contributed by atoms with Gasteiger partial charge in [-0.3, -0.25) is 25.3 Å². The summed E-state index contributed by atoms with van der Waals surface area (Å²) >= 11 is 1.12. The number of thiazole rings is 1. The zero-order chi connectivity index (χ0) is 17.3. The fraction of sp³-hybridized carbons (Fsp3) is 0.0714. The normalized spacial score (nSPS) is 10.6. The van der Waals surface area contributed by atoms with Crippen LogP contribution in [-0.4, -0.2) is 26.0 Å². The van der Waals surface area contributed by atoms with Crippen LogP contribution < -0.4 is 5.32 Å². The molecule has 2 heterocycles. The van der Waals surface area contributed by atoms with Gasteiger partial charge in [0.2, 0.25) is 5.69 Å². The Morgan fingerprint density at radius 1 is 1.46 bits per heavy atom. The molecule has 0 unspecified atom stereocenters. The third kappa shape index (κ3) is 2.99. The molecule has 0 aliphatic carbocycles. The van der Waals surface area contributed by atoms with Crippen LogP contribution in [0.25, 0.3) is 11.3 Å². The molecule has 8 nitrogen and oxygen atoms in total. The molecule has 1 amide bonds. The molecule has 0 atom stereocenters. The number of nitrogens with one attached hydrogen (secondary N) is 2. The Kier molecular flexibility index (Phi) is 4.04. The maximum absolute atomic E-state index is 13.2. The van der Waals surface area contributed by atoms with E-state index in [-0.39, 0.29) is 22.2 Å². The van der Waals surface area contributed by atoms with Crippen molar-refractivity contribution in [2.24, 2.45) is 0 Å². The summed E-state index contributed by atoms with van der Waals surface area (Å²) in [6, 6.07) is 5.88. The van der Waals surface area contributed by atoms with Gasteiger partial charge in [-0.25, -0.2) is 9.37 Å². The molecule has 0 fully saturated rings. The van der Waals surface area contributed by atoms with Gasteiger partial charge in [-0.2, -0.15) is 5.10 Å². The number of nitrogens with zero attached hydrogens (tertiary/aromatic N) is 3. The Labute approximate surface area is 138 Å². The van der Waals surface area contributed by atoms with Gasteiger partial charge in [0, 0.05) is 10.9 Å². The number of amides is 1. The topological polar surface area (TPSA) is 114 Å². The second kappa shape index (κ2) is 6.16. The highest BCUT2D eigenvalue weighted by molar-refractivity contribution is 7.14. The maximum atomic E-state index is 13.2. The molecule has 0 aliphatic heterocycles. The van der Waals surface area contributed by atoms with Gasteiger partial charge < -0.3 is 0 Å². The van der Waals surface area contributed by atoms with Gasteiger partial charge in [-0.15, -0.1) is 11.3 Å². The average molecular weight is 347 g/mol. The molecule has 0 aliphatic rings. The number of aryl methyl sites for hydroxylation is 1. The molecule has 24 heavy (non-hydrogen) atoms. The second-order valence-corrected chi connectivity index (χ2v) is 5.66. The van der Waals surface area contributed by atoms with Crippen LogP contribution in [0.15, 0.2) is 29.6 Å². The summed E-state index contributed by atoms with van der Waals surface area (Å²) in [5, 5.41) is 21.4. The van der Waals surface area contributed by atoms with Crippen molar-refractivity contribution < 1.29 is 14.1 Å². The predicted octanol–water partition coefficient (Wildman–Crippen LogP) is 3.14. The van der Waals surface area contributed by atoms with Crippen LogP contribution in [0.3, 0.4) is 0 Å². The number of aromatic amines is 1. The molecule has 0 saturated heterocycles. The van der Waals surface area contributed by atoms with Gasteiger partial charge in [0.05, 0.1) is 10.6 Å². The first-order valence-corrected chi connectivity index (χ1v) is 7.56. The number of rotatable bonds is 4. The van der Waals surface area contributed by atoms with Gasteiger partial charge in [0.1, 0.15) is 11.5 Å². The highest BCUT2D eigenvalue weighted by Gasteiger charge is 2.27. The molecule has 0 spiro atoms. The molecule has 122 valence electrons. The molecule has 10 heteroatoms. The zero-order valence-electron chi connectivity index (χ0n) is 12.2. The van der Waals surface area contributed by atoms with Crippen LogP contribution >= 0.6 is 11.3 Å². The lowest BCUT2D eigenvalue weighted by molar-refractivity contribution is -0.385. The summed E-state index contributed by atoms with van der Waals surface area (Å²) < 4.78 is 13.2. The van der Waals surface area contributed by atoms with E-state index in [2.05, 4.69) is 20.5 Å². The van der Waals surface area contributed by atoms with Crippen molar-refractivity contribution in [2.45, 2.75) is 6.92 Å². The van der Waals surface area contributed by atoms with Crippen molar-refractivity contribution in [3.63, 3.8) is 0 Å². The Morgan fingerprint density at radius 2 is 2.25 bits per heavy atom. The number of hydrogen-bond donors (Lipinski definition) is 2. The smallest absolute Gasteiger partial charge is 0.296 e. The molecule has 0 saturated carbocycles. The van der Waals surface area contributed by atoms with Crippen LogP contribution in [0.1, 0.15) is 16.2 Å². The summed E-state index contributed by atoms with van der Waals surface area (Å²) in [7, 11) is 0. The number of nitro groups is 1. The minimum Gasteiger partial charge on any atom is -0.296 e. The third-order valence-electron chi connectivity index (χ3n) is 3.16. The molecular weight excluding hydrogens is 337 g/mol. The van der Waals surface area contributed by atoms with Crippen molar-refractivity contribution in [1.82, 2.24) is 15.2 Å². The Balaban J connectivity index is 1.83. The Bertz CT molecular complexity index is 936. The SMILES string of the molecule is Cc1[nH]nc(C(=O)Nc2nc(-c3cccc(F)c3)cs2)c1[N+](=O)[O-]. The van der Waals surface area contributed by atoms with Crippen LogP contribution in [0, 0.1) is 22.9 Å². The predicted molar refractivity (Wildman–Crippen MR) is 85.4 cm³/mol. The Morgan fingerprint density at radius 3 is 2.96 bits per heavy atom. The largest absolute Gasteiger partial charge is 0.322 e. The van der Waals surface area contributed by atoms with E-state index in [9.17, 15) is 19.3 Å². The van der Waals surface area contributed by atoms with Crippen LogP contribution in [0.2, 0.25) is 0 Å². The van der Waals surface area contributed by atoms with E-state index < -0.39 is 16.6 Å². The molecule has 0 radical (unpaired) electrons. The maximum Gasteiger partial charge on any atom is 0.322 e. The number of carbonyl (C=O) groups is 1. The van der Waals surface area contributed by atoms with Gasteiger partial charge >= 0.3 is 5.69 Å². The van der Waals surface area contributed by atoms with Crippen LogP contribution in [-0.2, 0) is 0 Å². The summed E-state index contributed by atoms with van der Waals surface area (Å²) in [6.45, 7) is 1.45. The van der Waals surface area contributed by atoms with Crippen molar-refractivity contribution in [1.29, 1.82) is 0 Å². The number of aromatic nitrogens is 3. The first-order chi connectivity index (χ1) is 11.5. The van der Waals surface area contributed by atoms with Gasteiger partial charge in [-0.05, 0) is 19.1 Å². The number of anilines is 1. The summed E-state index contributed by atoms with van der Waals surface area (Å²) in [6.07, 6.45) is 0. The summed E-state index contributed by atoms with van der Waals surface area (Å²) in [5.41, 5.74) is 0.537. The lowest BCUT2D eigenvalue weighted by atomic mass is 10.2. The molecule has 3 aromatic rings.